The van der Waals surface area contributed by atoms with Gasteiger partial charge in [-0.2, -0.15) is 0 Å². The van der Waals surface area contributed by atoms with E-state index in [2.05, 4.69) is 5.32 Å². The van der Waals surface area contributed by atoms with Crippen LogP contribution in [0.5, 0.6) is 0 Å². The first-order valence-electron chi connectivity index (χ1n) is 6.79. The minimum Gasteiger partial charge on any atom is -0.398 e. The summed E-state index contributed by atoms with van der Waals surface area (Å²) in [7, 11) is 0. The Hall–Kier alpha value is -1.62. The van der Waals surface area contributed by atoms with Crippen molar-refractivity contribution in [2.24, 2.45) is 0 Å². The standard InChI is InChI=1S/C15H21FN2O2/c1-9-12(16)6-10(7-13(9)17)14(19)18-11-4-5-20-15(2,3)8-11/h6-7,11H,4-5,8,17H2,1-3H3,(H,18,19). The van der Waals surface area contributed by atoms with Gasteiger partial charge in [-0.3, -0.25) is 4.79 Å². The Labute approximate surface area is 118 Å². The van der Waals surface area contributed by atoms with E-state index in [1.54, 1.807) is 6.92 Å². The molecule has 1 aromatic rings. The third-order valence-electron chi connectivity index (χ3n) is 3.68. The molecule has 1 unspecified atom stereocenters. The summed E-state index contributed by atoms with van der Waals surface area (Å²) in [6.45, 7) is 6.19. The van der Waals surface area contributed by atoms with Gasteiger partial charge in [-0.25, -0.2) is 4.39 Å². The highest BCUT2D eigenvalue weighted by Crippen LogP contribution is 2.24. The van der Waals surface area contributed by atoms with Crippen LogP contribution in [0.2, 0.25) is 0 Å². The molecule has 1 aliphatic heterocycles. The maximum absolute atomic E-state index is 13.6. The number of halogens is 1. The van der Waals surface area contributed by atoms with Crippen LogP contribution in [0.25, 0.3) is 0 Å². The zero-order valence-corrected chi connectivity index (χ0v) is 12.1. The summed E-state index contributed by atoms with van der Waals surface area (Å²) in [6.07, 6.45) is 1.50. The number of carbonyl (C=O) groups excluding carboxylic acids is 1. The smallest absolute Gasteiger partial charge is 0.251 e. The van der Waals surface area contributed by atoms with E-state index < -0.39 is 5.82 Å². The Balaban J connectivity index is 2.09. The SMILES string of the molecule is Cc1c(N)cc(C(=O)NC2CCOC(C)(C)C2)cc1F. The molecular formula is C15H21FN2O2. The molecule has 4 nitrogen and oxygen atoms in total. The highest BCUT2D eigenvalue weighted by Gasteiger charge is 2.29. The predicted molar refractivity (Wildman–Crippen MR) is 76.1 cm³/mol. The molecule has 1 aliphatic rings. The highest BCUT2D eigenvalue weighted by molar-refractivity contribution is 5.95. The summed E-state index contributed by atoms with van der Waals surface area (Å²) in [5.41, 5.74) is 6.38. The summed E-state index contributed by atoms with van der Waals surface area (Å²) >= 11 is 0. The fourth-order valence-corrected chi connectivity index (χ4v) is 2.45. The second-order valence-corrected chi connectivity index (χ2v) is 5.94. The van der Waals surface area contributed by atoms with Crippen LogP contribution in [0.15, 0.2) is 12.1 Å². The molecule has 110 valence electrons. The fourth-order valence-electron chi connectivity index (χ4n) is 2.45. The molecule has 1 aromatic carbocycles. The van der Waals surface area contributed by atoms with Crippen molar-refractivity contribution in [1.82, 2.24) is 5.32 Å². The Bertz CT molecular complexity index is 506. The number of benzene rings is 1. The van der Waals surface area contributed by atoms with Crippen molar-refractivity contribution in [1.29, 1.82) is 0 Å². The zero-order chi connectivity index (χ0) is 14.9. The summed E-state index contributed by atoms with van der Waals surface area (Å²) in [5.74, 6) is -0.749. The first kappa shape index (κ1) is 14.8. The topological polar surface area (TPSA) is 64.4 Å². The van der Waals surface area contributed by atoms with Gasteiger partial charge in [0.2, 0.25) is 0 Å². The van der Waals surface area contributed by atoms with Crippen molar-refractivity contribution in [3.05, 3.63) is 29.1 Å². The van der Waals surface area contributed by atoms with Gasteiger partial charge in [0.15, 0.2) is 0 Å². The molecule has 0 aliphatic carbocycles. The number of anilines is 1. The lowest BCUT2D eigenvalue weighted by atomic mass is 9.93. The van der Waals surface area contributed by atoms with Gasteiger partial charge in [0.1, 0.15) is 5.82 Å². The van der Waals surface area contributed by atoms with E-state index in [4.69, 9.17) is 10.5 Å². The summed E-state index contributed by atoms with van der Waals surface area (Å²) in [5, 5.41) is 2.92. The number of rotatable bonds is 2. The second-order valence-electron chi connectivity index (χ2n) is 5.94. The number of hydrogen-bond donors (Lipinski definition) is 2. The van der Waals surface area contributed by atoms with Crippen LogP contribution in [-0.4, -0.2) is 24.2 Å². The molecule has 1 atom stereocenters. The van der Waals surface area contributed by atoms with Gasteiger partial charge in [-0.15, -0.1) is 0 Å². The third-order valence-corrected chi connectivity index (χ3v) is 3.68. The van der Waals surface area contributed by atoms with E-state index in [0.717, 1.165) is 12.8 Å². The number of hydrogen-bond acceptors (Lipinski definition) is 3. The molecule has 1 amide bonds. The van der Waals surface area contributed by atoms with Crippen LogP contribution in [0.4, 0.5) is 10.1 Å². The monoisotopic (exact) mass is 280 g/mol. The first-order chi connectivity index (χ1) is 9.28. The van der Waals surface area contributed by atoms with E-state index in [-0.39, 0.29) is 23.1 Å². The molecule has 1 fully saturated rings. The van der Waals surface area contributed by atoms with Crippen LogP contribution in [0.1, 0.15) is 42.6 Å². The van der Waals surface area contributed by atoms with Crippen LogP contribution in [0, 0.1) is 12.7 Å². The lowest BCUT2D eigenvalue weighted by Gasteiger charge is -2.35. The van der Waals surface area contributed by atoms with Crippen LogP contribution in [0.3, 0.4) is 0 Å². The van der Waals surface area contributed by atoms with Crippen molar-refractivity contribution in [3.63, 3.8) is 0 Å². The van der Waals surface area contributed by atoms with E-state index in [1.165, 1.54) is 12.1 Å². The minimum atomic E-state index is -0.456. The fraction of sp³-hybridized carbons (Fsp3) is 0.533. The number of nitrogen functional groups attached to an aromatic ring is 1. The summed E-state index contributed by atoms with van der Waals surface area (Å²) in [6, 6.07) is 2.78. The van der Waals surface area contributed by atoms with Crippen molar-refractivity contribution in [2.45, 2.75) is 45.3 Å². The molecule has 0 aromatic heterocycles. The predicted octanol–water partition coefficient (Wildman–Crippen LogP) is 2.40. The summed E-state index contributed by atoms with van der Waals surface area (Å²) in [4.78, 5) is 12.2. The molecule has 1 heterocycles. The normalized spacial score (nSPS) is 21.5. The van der Waals surface area contributed by atoms with E-state index in [1.807, 2.05) is 13.8 Å². The Morgan fingerprint density at radius 2 is 2.20 bits per heavy atom. The average Bonchev–Trinajstić information content (AvgIpc) is 2.34. The van der Waals surface area contributed by atoms with Crippen LogP contribution >= 0.6 is 0 Å². The van der Waals surface area contributed by atoms with Gasteiger partial charge in [0.05, 0.1) is 5.60 Å². The van der Waals surface area contributed by atoms with Gasteiger partial charge in [0, 0.05) is 29.5 Å². The molecule has 1 saturated heterocycles. The molecular weight excluding hydrogens is 259 g/mol. The molecule has 0 spiro atoms. The van der Waals surface area contributed by atoms with Gasteiger partial charge < -0.3 is 15.8 Å². The van der Waals surface area contributed by atoms with Gasteiger partial charge in [-0.05, 0) is 45.7 Å². The zero-order valence-electron chi connectivity index (χ0n) is 12.1. The van der Waals surface area contributed by atoms with Gasteiger partial charge in [-0.1, -0.05) is 0 Å². The number of carbonyl (C=O) groups is 1. The molecule has 20 heavy (non-hydrogen) atoms. The minimum absolute atomic E-state index is 0.0387. The van der Waals surface area contributed by atoms with Gasteiger partial charge in [0.25, 0.3) is 5.91 Å². The van der Waals surface area contributed by atoms with Gasteiger partial charge >= 0.3 is 0 Å². The number of amides is 1. The molecule has 0 saturated carbocycles. The maximum atomic E-state index is 13.6. The maximum Gasteiger partial charge on any atom is 0.251 e. The van der Waals surface area contributed by atoms with E-state index >= 15 is 0 Å². The Kier molecular flexibility index (Phi) is 3.99. The molecule has 0 bridgehead atoms. The Morgan fingerprint density at radius 1 is 1.50 bits per heavy atom. The number of ether oxygens (including phenoxy) is 1. The van der Waals surface area contributed by atoms with Crippen molar-refractivity contribution in [2.75, 3.05) is 12.3 Å². The van der Waals surface area contributed by atoms with Crippen molar-refractivity contribution >= 4 is 11.6 Å². The van der Waals surface area contributed by atoms with Crippen molar-refractivity contribution < 1.29 is 13.9 Å². The van der Waals surface area contributed by atoms with Crippen LogP contribution in [-0.2, 0) is 4.74 Å². The van der Waals surface area contributed by atoms with E-state index in [9.17, 15) is 9.18 Å². The lowest BCUT2D eigenvalue weighted by Crippen LogP contribution is -2.45. The second kappa shape index (κ2) is 5.40. The first-order valence-corrected chi connectivity index (χ1v) is 6.79. The quantitative estimate of drug-likeness (QED) is 0.818. The van der Waals surface area contributed by atoms with Crippen LogP contribution < -0.4 is 11.1 Å². The lowest BCUT2D eigenvalue weighted by molar-refractivity contribution is -0.0615. The van der Waals surface area contributed by atoms with E-state index in [0.29, 0.717) is 17.9 Å². The summed E-state index contributed by atoms with van der Waals surface area (Å²) < 4.78 is 19.2. The molecule has 0 radical (unpaired) electrons. The number of nitrogens with one attached hydrogen (secondary N) is 1. The number of nitrogens with two attached hydrogens (primary N) is 1. The highest BCUT2D eigenvalue weighted by atomic mass is 19.1. The van der Waals surface area contributed by atoms with Crippen molar-refractivity contribution in [3.8, 4) is 0 Å². The largest absolute Gasteiger partial charge is 0.398 e. The Morgan fingerprint density at radius 3 is 2.80 bits per heavy atom. The average molecular weight is 280 g/mol. The molecule has 5 heteroatoms. The molecule has 3 N–H and O–H groups in total. The third kappa shape index (κ3) is 3.28. The molecule has 2 rings (SSSR count).